The second-order valence-electron chi connectivity index (χ2n) is 5.84. The number of Topliss-reactive ketones (excluding diaryl/α,β-unsaturated/α-hetero) is 1. The zero-order valence-corrected chi connectivity index (χ0v) is 13.0. The van der Waals surface area contributed by atoms with Crippen molar-refractivity contribution in [3.63, 3.8) is 0 Å². The van der Waals surface area contributed by atoms with Gasteiger partial charge in [-0.3, -0.25) is 14.4 Å². The molecule has 2 saturated heterocycles. The lowest BCUT2D eigenvalue weighted by Crippen LogP contribution is -2.53. The van der Waals surface area contributed by atoms with Crippen LogP contribution in [0.4, 0.5) is 0 Å². The molecule has 0 aromatic carbocycles. The van der Waals surface area contributed by atoms with Gasteiger partial charge in [-0.25, -0.2) is 0 Å². The topological polar surface area (TPSA) is 96.5 Å². The number of ether oxygens (including phenoxy) is 1. The highest BCUT2D eigenvalue weighted by Crippen LogP contribution is 2.08. The van der Waals surface area contributed by atoms with E-state index in [1.54, 1.807) is 6.92 Å². The Hall–Kier alpha value is -1.47. The lowest BCUT2D eigenvalue weighted by molar-refractivity contribution is -0.141. The highest BCUT2D eigenvalue weighted by Gasteiger charge is 2.30. The molecule has 2 fully saturated rings. The van der Waals surface area contributed by atoms with Gasteiger partial charge < -0.3 is 20.7 Å². The molecular formula is C15H25N3O4. The fraction of sp³-hybridized carbons (Fsp3) is 0.800. The van der Waals surface area contributed by atoms with Gasteiger partial charge in [0.2, 0.25) is 11.7 Å². The van der Waals surface area contributed by atoms with E-state index in [1.165, 1.54) is 0 Å². The Bertz CT molecular complexity index is 415. The SMILES string of the molecule is CC[C@H](NC(=O)C1CCCN1)C(=O)C(=O)NC1CCOCC1. The van der Waals surface area contributed by atoms with E-state index < -0.39 is 17.7 Å². The predicted octanol–water partition coefficient (Wildman–Crippen LogP) is -0.502. The van der Waals surface area contributed by atoms with Gasteiger partial charge in [-0.1, -0.05) is 6.92 Å². The summed E-state index contributed by atoms with van der Waals surface area (Å²) < 4.78 is 5.22. The minimum absolute atomic E-state index is 0.0186. The van der Waals surface area contributed by atoms with Gasteiger partial charge in [0.1, 0.15) is 0 Å². The van der Waals surface area contributed by atoms with Crippen molar-refractivity contribution < 1.29 is 19.1 Å². The summed E-state index contributed by atoms with van der Waals surface area (Å²) in [5.41, 5.74) is 0. The Morgan fingerprint density at radius 1 is 1.23 bits per heavy atom. The molecule has 0 aliphatic carbocycles. The third-order valence-corrected chi connectivity index (χ3v) is 4.20. The fourth-order valence-corrected chi connectivity index (χ4v) is 2.79. The molecule has 0 aromatic heterocycles. The molecule has 7 heteroatoms. The van der Waals surface area contributed by atoms with Crippen molar-refractivity contribution in [2.24, 2.45) is 0 Å². The van der Waals surface area contributed by atoms with Crippen LogP contribution in [-0.4, -0.2) is 55.5 Å². The van der Waals surface area contributed by atoms with Gasteiger partial charge in [0, 0.05) is 19.3 Å². The van der Waals surface area contributed by atoms with Gasteiger partial charge in [0.15, 0.2) is 0 Å². The Morgan fingerprint density at radius 2 is 1.95 bits per heavy atom. The molecule has 2 aliphatic rings. The van der Waals surface area contributed by atoms with Crippen molar-refractivity contribution in [2.75, 3.05) is 19.8 Å². The third-order valence-electron chi connectivity index (χ3n) is 4.20. The van der Waals surface area contributed by atoms with Crippen molar-refractivity contribution in [1.82, 2.24) is 16.0 Å². The Morgan fingerprint density at radius 3 is 2.55 bits per heavy atom. The molecule has 0 aromatic rings. The molecule has 2 aliphatic heterocycles. The summed E-state index contributed by atoms with van der Waals surface area (Å²) in [7, 11) is 0. The van der Waals surface area contributed by atoms with Crippen LogP contribution in [0, 0.1) is 0 Å². The quantitative estimate of drug-likeness (QED) is 0.575. The maximum Gasteiger partial charge on any atom is 0.289 e. The molecular weight excluding hydrogens is 286 g/mol. The maximum absolute atomic E-state index is 12.2. The van der Waals surface area contributed by atoms with Gasteiger partial charge in [-0.15, -0.1) is 0 Å². The molecule has 124 valence electrons. The summed E-state index contributed by atoms with van der Waals surface area (Å²) in [6.07, 6.45) is 3.55. The number of nitrogens with one attached hydrogen (secondary N) is 3. The van der Waals surface area contributed by atoms with E-state index in [2.05, 4.69) is 16.0 Å². The Kier molecular flexibility index (Phi) is 6.33. The summed E-state index contributed by atoms with van der Waals surface area (Å²) in [4.78, 5) is 36.3. The molecule has 2 atom stereocenters. The number of carbonyl (C=O) groups is 3. The van der Waals surface area contributed by atoms with E-state index in [9.17, 15) is 14.4 Å². The first-order valence-electron chi connectivity index (χ1n) is 8.08. The minimum atomic E-state index is -0.755. The first kappa shape index (κ1) is 16.9. The molecule has 7 nitrogen and oxygen atoms in total. The second-order valence-corrected chi connectivity index (χ2v) is 5.84. The molecule has 0 saturated carbocycles. The standard InChI is InChI=1S/C15H25N3O4/c1-2-11(18-14(20)12-4-3-7-16-12)13(19)15(21)17-10-5-8-22-9-6-10/h10-12,16H,2-9H2,1H3,(H,17,21)(H,18,20)/t11-,12?/m0/s1. The number of rotatable bonds is 6. The van der Waals surface area contributed by atoms with E-state index in [0.29, 0.717) is 32.5 Å². The van der Waals surface area contributed by atoms with E-state index in [-0.39, 0.29) is 18.0 Å². The van der Waals surface area contributed by atoms with Crippen LogP contribution in [0.3, 0.4) is 0 Å². The van der Waals surface area contributed by atoms with Crippen molar-refractivity contribution >= 4 is 17.6 Å². The molecule has 1 unspecified atom stereocenters. The Balaban J connectivity index is 1.84. The molecule has 2 heterocycles. The normalized spacial score (nSPS) is 23.8. The van der Waals surface area contributed by atoms with Crippen LogP contribution in [0.5, 0.6) is 0 Å². The molecule has 0 bridgehead atoms. The molecule has 2 rings (SSSR count). The highest BCUT2D eigenvalue weighted by molar-refractivity contribution is 6.38. The van der Waals surface area contributed by atoms with Crippen LogP contribution in [-0.2, 0) is 19.1 Å². The number of ketones is 1. The van der Waals surface area contributed by atoms with E-state index in [4.69, 9.17) is 4.74 Å². The summed E-state index contributed by atoms with van der Waals surface area (Å²) in [6, 6.07) is -1.02. The summed E-state index contributed by atoms with van der Waals surface area (Å²) >= 11 is 0. The summed E-state index contributed by atoms with van der Waals surface area (Å²) in [5.74, 6) is -1.38. The largest absolute Gasteiger partial charge is 0.381 e. The lowest BCUT2D eigenvalue weighted by Gasteiger charge is -2.24. The molecule has 22 heavy (non-hydrogen) atoms. The first-order valence-corrected chi connectivity index (χ1v) is 8.08. The highest BCUT2D eigenvalue weighted by atomic mass is 16.5. The maximum atomic E-state index is 12.2. The van der Waals surface area contributed by atoms with Crippen molar-refractivity contribution in [2.45, 2.75) is 57.2 Å². The summed E-state index contributed by atoms with van der Waals surface area (Å²) in [5, 5.41) is 8.51. The Labute approximate surface area is 130 Å². The van der Waals surface area contributed by atoms with Gasteiger partial charge in [-0.2, -0.15) is 0 Å². The van der Waals surface area contributed by atoms with E-state index in [1.807, 2.05) is 0 Å². The number of hydrogen-bond donors (Lipinski definition) is 3. The van der Waals surface area contributed by atoms with Crippen LogP contribution in [0.2, 0.25) is 0 Å². The number of carbonyl (C=O) groups excluding carboxylic acids is 3. The van der Waals surface area contributed by atoms with Gasteiger partial charge >= 0.3 is 0 Å². The van der Waals surface area contributed by atoms with Gasteiger partial charge in [0.05, 0.1) is 12.1 Å². The monoisotopic (exact) mass is 311 g/mol. The second kappa shape index (κ2) is 8.24. The van der Waals surface area contributed by atoms with Gasteiger partial charge in [0.25, 0.3) is 5.91 Å². The zero-order chi connectivity index (χ0) is 15.9. The van der Waals surface area contributed by atoms with Crippen molar-refractivity contribution in [1.29, 1.82) is 0 Å². The van der Waals surface area contributed by atoms with Crippen LogP contribution < -0.4 is 16.0 Å². The smallest absolute Gasteiger partial charge is 0.289 e. The van der Waals surface area contributed by atoms with E-state index >= 15 is 0 Å². The van der Waals surface area contributed by atoms with Crippen molar-refractivity contribution in [3.8, 4) is 0 Å². The predicted molar refractivity (Wildman–Crippen MR) is 80.2 cm³/mol. The van der Waals surface area contributed by atoms with E-state index in [0.717, 1.165) is 19.4 Å². The lowest BCUT2D eigenvalue weighted by atomic mass is 10.1. The van der Waals surface area contributed by atoms with Gasteiger partial charge in [-0.05, 0) is 38.6 Å². The molecule has 2 amide bonds. The average molecular weight is 311 g/mol. The van der Waals surface area contributed by atoms with Crippen LogP contribution in [0.15, 0.2) is 0 Å². The molecule has 3 N–H and O–H groups in total. The summed E-state index contributed by atoms with van der Waals surface area (Å²) in [6.45, 7) is 3.79. The van der Waals surface area contributed by atoms with Crippen LogP contribution in [0.1, 0.15) is 39.0 Å². The van der Waals surface area contributed by atoms with Crippen molar-refractivity contribution in [3.05, 3.63) is 0 Å². The number of hydrogen-bond acceptors (Lipinski definition) is 5. The van der Waals surface area contributed by atoms with Crippen LogP contribution >= 0.6 is 0 Å². The fourth-order valence-electron chi connectivity index (χ4n) is 2.79. The minimum Gasteiger partial charge on any atom is -0.381 e. The van der Waals surface area contributed by atoms with Crippen LogP contribution in [0.25, 0.3) is 0 Å². The zero-order valence-electron chi connectivity index (χ0n) is 13.0. The third kappa shape index (κ3) is 4.51. The average Bonchev–Trinajstić information content (AvgIpc) is 3.07. The molecule has 0 radical (unpaired) electrons. The first-order chi connectivity index (χ1) is 10.6. The number of amides is 2. The molecule has 0 spiro atoms.